The van der Waals surface area contributed by atoms with Crippen LogP contribution in [0.15, 0.2) is 18.2 Å². The Labute approximate surface area is 133 Å². The van der Waals surface area contributed by atoms with Gasteiger partial charge in [0.05, 0.1) is 5.02 Å². The average Bonchev–Trinajstić information content (AvgIpc) is 2.51. The quantitative estimate of drug-likeness (QED) is 0.853. The molecule has 2 unspecified atom stereocenters. The predicted molar refractivity (Wildman–Crippen MR) is 82.5 cm³/mol. The summed E-state index contributed by atoms with van der Waals surface area (Å²) >= 11 is 5.73. The molecule has 1 heterocycles. The fraction of sp³-hybridized carbons (Fsp3) is 0.500. The second kappa shape index (κ2) is 6.24. The minimum atomic E-state index is -0.518. The SMILES string of the molecule is O=C1CCN(C(=O)Nc2ccc(F)c(Cl)c2)C2CCCCC12. The Balaban J connectivity index is 1.73. The summed E-state index contributed by atoms with van der Waals surface area (Å²) in [5, 5.41) is 2.73. The van der Waals surface area contributed by atoms with Crippen LogP contribution in [-0.4, -0.2) is 29.3 Å². The topological polar surface area (TPSA) is 49.4 Å². The van der Waals surface area contributed by atoms with Crippen LogP contribution in [0.5, 0.6) is 0 Å². The number of carbonyl (C=O) groups excluding carboxylic acids is 2. The van der Waals surface area contributed by atoms with Gasteiger partial charge in [0.15, 0.2) is 0 Å². The van der Waals surface area contributed by atoms with Crippen molar-refractivity contribution in [2.75, 3.05) is 11.9 Å². The average molecular weight is 325 g/mol. The Bertz CT molecular complexity index is 608. The monoisotopic (exact) mass is 324 g/mol. The number of carbonyl (C=O) groups is 2. The van der Waals surface area contributed by atoms with Crippen molar-refractivity contribution >= 4 is 29.1 Å². The van der Waals surface area contributed by atoms with E-state index in [1.807, 2.05) is 0 Å². The van der Waals surface area contributed by atoms with Crippen LogP contribution in [0.25, 0.3) is 0 Å². The molecule has 118 valence electrons. The number of amides is 2. The van der Waals surface area contributed by atoms with Gasteiger partial charge >= 0.3 is 6.03 Å². The molecule has 0 radical (unpaired) electrons. The zero-order valence-corrected chi connectivity index (χ0v) is 12.9. The predicted octanol–water partition coefficient (Wildman–Crippen LogP) is 3.84. The van der Waals surface area contributed by atoms with Crippen LogP contribution in [0.4, 0.5) is 14.9 Å². The third kappa shape index (κ3) is 2.95. The van der Waals surface area contributed by atoms with Crippen molar-refractivity contribution in [3.8, 4) is 0 Å². The molecule has 22 heavy (non-hydrogen) atoms. The van der Waals surface area contributed by atoms with Gasteiger partial charge in [0, 0.05) is 30.6 Å². The summed E-state index contributed by atoms with van der Waals surface area (Å²) < 4.78 is 13.2. The van der Waals surface area contributed by atoms with Crippen molar-refractivity contribution in [1.29, 1.82) is 0 Å². The number of urea groups is 1. The first-order valence-corrected chi connectivity index (χ1v) is 7.99. The summed E-state index contributed by atoms with van der Waals surface area (Å²) in [4.78, 5) is 26.3. The molecule has 2 aliphatic rings. The largest absolute Gasteiger partial charge is 0.322 e. The number of piperidine rings is 1. The lowest BCUT2D eigenvalue weighted by molar-refractivity contribution is -0.129. The maximum absolute atomic E-state index is 13.2. The van der Waals surface area contributed by atoms with E-state index in [0.29, 0.717) is 18.7 Å². The summed E-state index contributed by atoms with van der Waals surface area (Å²) in [5.74, 6) is -0.265. The van der Waals surface area contributed by atoms with E-state index in [2.05, 4.69) is 5.32 Å². The highest BCUT2D eigenvalue weighted by Gasteiger charge is 2.40. The van der Waals surface area contributed by atoms with E-state index in [9.17, 15) is 14.0 Å². The maximum atomic E-state index is 13.2. The van der Waals surface area contributed by atoms with E-state index in [1.54, 1.807) is 4.90 Å². The molecule has 0 spiro atoms. The summed E-state index contributed by atoms with van der Waals surface area (Å²) in [5.41, 5.74) is 0.459. The molecule has 2 fully saturated rings. The van der Waals surface area contributed by atoms with Crippen molar-refractivity contribution in [2.24, 2.45) is 5.92 Å². The number of nitrogens with zero attached hydrogens (tertiary/aromatic N) is 1. The highest BCUT2D eigenvalue weighted by Crippen LogP contribution is 2.33. The van der Waals surface area contributed by atoms with E-state index in [1.165, 1.54) is 18.2 Å². The molecule has 1 aliphatic carbocycles. The standard InChI is InChI=1S/C16H18ClFN2O2/c17-12-9-10(5-6-13(12)18)19-16(22)20-8-7-15(21)11-3-1-2-4-14(11)20/h5-6,9,11,14H,1-4,7-8H2,(H,19,22). The Morgan fingerprint density at radius 1 is 1.32 bits per heavy atom. The second-order valence-electron chi connectivity index (χ2n) is 5.93. The molecule has 1 aromatic carbocycles. The van der Waals surface area contributed by atoms with Gasteiger partial charge < -0.3 is 10.2 Å². The van der Waals surface area contributed by atoms with Gasteiger partial charge in [0.25, 0.3) is 0 Å². The van der Waals surface area contributed by atoms with Crippen molar-refractivity contribution in [3.63, 3.8) is 0 Å². The molecule has 1 N–H and O–H groups in total. The third-order valence-electron chi connectivity index (χ3n) is 4.57. The zero-order valence-electron chi connectivity index (χ0n) is 12.1. The van der Waals surface area contributed by atoms with Gasteiger partial charge in [0.1, 0.15) is 11.6 Å². The van der Waals surface area contributed by atoms with Crippen LogP contribution in [0.1, 0.15) is 32.1 Å². The van der Waals surface area contributed by atoms with Gasteiger partial charge in [-0.2, -0.15) is 0 Å². The first kappa shape index (κ1) is 15.3. The zero-order chi connectivity index (χ0) is 15.7. The van der Waals surface area contributed by atoms with E-state index in [0.717, 1.165) is 25.7 Å². The number of Topliss-reactive ketones (excluding diaryl/α,β-unsaturated/α-hetero) is 1. The normalized spacial score (nSPS) is 24.8. The summed E-state index contributed by atoms with van der Waals surface area (Å²) in [7, 11) is 0. The van der Waals surface area contributed by atoms with Crippen LogP contribution in [0, 0.1) is 11.7 Å². The molecule has 6 heteroatoms. The lowest BCUT2D eigenvalue weighted by Gasteiger charge is -2.42. The van der Waals surface area contributed by atoms with Crippen LogP contribution in [0.2, 0.25) is 5.02 Å². The van der Waals surface area contributed by atoms with E-state index < -0.39 is 5.82 Å². The molecule has 1 saturated heterocycles. The highest BCUT2D eigenvalue weighted by molar-refractivity contribution is 6.31. The lowest BCUT2D eigenvalue weighted by atomic mass is 9.77. The number of rotatable bonds is 1. The number of hydrogen-bond acceptors (Lipinski definition) is 2. The molecule has 2 atom stereocenters. The van der Waals surface area contributed by atoms with Crippen LogP contribution >= 0.6 is 11.6 Å². The lowest BCUT2D eigenvalue weighted by Crippen LogP contribution is -2.54. The van der Waals surface area contributed by atoms with Gasteiger partial charge in [0.2, 0.25) is 0 Å². The van der Waals surface area contributed by atoms with Crippen molar-refractivity contribution in [1.82, 2.24) is 4.90 Å². The molecule has 3 rings (SSSR count). The number of fused-ring (bicyclic) bond motifs is 1. The van der Waals surface area contributed by atoms with Gasteiger partial charge in [-0.1, -0.05) is 24.4 Å². The Morgan fingerprint density at radius 2 is 2.09 bits per heavy atom. The summed E-state index contributed by atoms with van der Waals surface area (Å²) in [6, 6.07) is 3.84. The highest BCUT2D eigenvalue weighted by atomic mass is 35.5. The molecule has 1 aliphatic heterocycles. The van der Waals surface area contributed by atoms with Crippen molar-refractivity contribution < 1.29 is 14.0 Å². The third-order valence-corrected chi connectivity index (χ3v) is 4.86. The molecule has 2 amide bonds. The van der Waals surface area contributed by atoms with Gasteiger partial charge in [-0.05, 0) is 31.0 Å². The fourth-order valence-corrected chi connectivity index (χ4v) is 3.64. The first-order valence-electron chi connectivity index (χ1n) is 7.61. The van der Waals surface area contributed by atoms with E-state index in [4.69, 9.17) is 11.6 Å². The Morgan fingerprint density at radius 3 is 2.86 bits per heavy atom. The second-order valence-corrected chi connectivity index (χ2v) is 6.33. The number of nitrogens with one attached hydrogen (secondary N) is 1. The smallest absolute Gasteiger partial charge is 0.320 e. The molecule has 0 aromatic heterocycles. The fourth-order valence-electron chi connectivity index (χ4n) is 3.46. The minimum absolute atomic E-state index is 0.00841. The van der Waals surface area contributed by atoms with Gasteiger partial charge in [-0.25, -0.2) is 9.18 Å². The number of anilines is 1. The minimum Gasteiger partial charge on any atom is -0.320 e. The van der Waals surface area contributed by atoms with Crippen LogP contribution < -0.4 is 5.32 Å². The number of halogens is 2. The number of benzene rings is 1. The number of ketones is 1. The van der Waals surface area contributed by atoms with Crippen LogP contribution in [-0.2, 0) is 4.79 Å². The Hall–Kier alpha value is -1.62. The first-order chi connectivity index (χ1) is 10.6. The molecule has 0 bridgehead atoms. The molecule has 1 aromatic rings. The molecular weight excluding hydrogens is 307 g/mol. The Kier molecular flexibility index (Phi) is 4.34. The molecule has 4 nitrogen and oxygen atoms in total. The van der Waals surface area contributed by atoms with E-state index in [-0.39, 0.29) is 28.8 Å². The van der Waals surface area contributed by atoms with Crippen LogP contribution in [0.3, 0.4) is 0 Å². The van der Waals surface area contributed by atoms with E-state index >= 15 is 0 Å². The van der Waals surface area contributed by atoms with Crippen molar-refractivity contribution in [3.05, 3.63) is 29.0 Å². The number of hydrogen-bond donors (Lipinski definition) is 1. The molecule has 1 saturated carbocycles. The molecular formula is C16H18ClFN2O2. The summed E-state index contributed by atoms with van der Waals surface area (Å²) in [6.07, 6.45) is 4.25. The number of likely N-dealkylation sites (tertiary alicyclic amines) is 1. The van der Waals surface area contributed by atoms with Gasteiger partial charge in [-0.3, -0.25) is 4.79 Å². The summed E-state index contributed by atoms with van der Waals surface area (Å²) in [6.45, 7) is 0.445. The van der Waals surface area contributed by atoms with Crippen molar-refractivity contribution in [2.45, 2.75) is 38.1 Å². The van der Waals surface area contributed by atoms with Gasteiger partial charge in [-0.15, -0.1) is 0 Å². The maximum Gasteiger partial charge on any atom is 0.322 e.